The average molecular weight is 321 g/mol. The van der Waals surface area contributed by atoms with Crippen LogP contribution in [0.4, 0.5) is 0 Å². The second-order valence-corrected chi connectivity index (χ2v) is 7.41. The first-order valence-electron chi connectivity index (χ1n) is 7.45. The SMILES string of the molecule is O=S(=O)(Cc1ccccc1)c1[c]c(Cc2ccccc2)ccc1. The summed E-state index contributed by atoms with van der Waals surface area (Å²) in [6, 6.07) is 27.6. The second kappa shape index (κ2) is 6.80. The molecule has 0 spiro atoms. The lowest BCUT2D eigenvalue weighted by molar-refractivity contribution is 0.595. The van der Waals surface area contributed by atoms with E-state index in [4.69, 9.17) is 0 Å². The first-order valence-corrected chi connectivity index (χ1v) is 9.10. The van der Waals surface area contributed by atoms with E-state index in [-0.39, 0.29) is 10.6 Å². The van der Waals surface area contributed by atoms with Crippen molar-refractivity contribution >= 4 is 9.84 Å². The third-order valence-corrected chi connectivity index (χ3v) is 5.22. The van der Waals surface area contributed by atoms with Crippen LogP contribution in [0.25, 0.3) is 0 Å². The van der Waals surface area contributed by atoms with Crippen molar-refractivity contribution in [2.45, 2.75) is 17.1 Å². The molecule has 0 fully saturated rings. The van der Waals surface area contributed by atoms with Crippen LogP contribution in [0.3, 0.4) is 0 Å². The molecular formula is C20H17O2S. The number of hydrogen-bond acceptors (Lipinski definition) is 2. The molecule has 0 aliphatic heterocycles. The summed E-state index contributed by atoms with van der Waals surface area (Å²) in [4.78, 5) is 0.259. The molecular weight excluding hydrogens is 304 g/mol. The quantitative estimate of drug-likeness (QED) is 0.710. The molecule has 3 aromatic rings. The highest BCUT2D eigenvalue weighted by atomic mass is 32.2. The van der Waals surface area contributed by atoms with Crippen LogP contribution in [-0.4, -0.2) is 8.42 Å². The molecule has 3 heteroatoms. The van der Waals surface area contributed by atoms with E-state index in [9.17, 15) is 8.42 Å². The largest absolute Gasteiger partial charge is 0.223 e. The van der Waals surface area contributed by atoms with Crippen molar-refractivity contribution in [3.63, 3.8) is 0 Å². The Hall–Kier alpha value is -2.39. The molecule has 0 amide bonds. The van der Waals surface area contributed by atoms with Crippen molar-refractivity contribution < 1.29 is 8.42 Å². The van der Waals surface area contributed by atoms with Gasteiger partial charge >= 0.3 is 0 Å². The van der Waals surface area contributed by atoms with Crippen LogP contribution in [0.1, 0.15) is 16.7 Å². The van der Waals surface area contributed by atoms with Gasteiger partial charge in [0.05, 0.1) is 10.6 Å². The first kappa shape index (κ1) is 15.5. The highest BCUT2D eigenvalue weighted by molar-refractivity contribution is 7.90. The van der Waals surface area contributed by atoms with Gasteiger partial charge in [0.2, 0.25) is 0 Å². The van der Waals surface area contributed by atoms with Crippen molar-refractivity contribution in [3.8, 4) is 0 Å². The Balaban J connectivity index is 1.84. The van der Waals surface area contributed by atoms with Gasteiger partial charge in [-0.2, -0.15) is 0 Å². The maximum Gasteiger partial charge on any atom is 0.183 e. The Kier molecular flexibility index (Phi) is 4.58. The smallest absolute Gasteiger partial charge is 0.183 e. The van der Waals surface area contributed by atoms with E-state index in [2.05, 4.69) is 6.07 Å². The summed E-state index contributed by atoms with van der Waals surface area (Å²) in [7, 11) is -3.38. The topological polar surface area (TPSA) is 34.1 Å². The van der Waals surface area contributed by atoms with Gasteiger partial charge in [-0.15, -0.1) is 0 Å². The number of benzene rings is 3. The van der Waals surface area contributed by atoms with Gasteiger partial charge in [0.25, 0.3) is 0 Å². The summed E-state index contributed by atoms with van der Waals surface area (Å²) in [5.41, 5.74) is 2.81. The van der Waals surface area contributed by atoms with Crippen LogP contribution in [0, 0.1) is 6.07 Å². The summed E-state index contributed by atoms with van der Waals surface area (Å²) >= 11 is 0. The van der Waals surface area contributed by atoms with Crippen molar-refractivity contribution in [1.82, 2.24) is 0 Å². The van der Waals surface area contributed by atoms with Crippen LogP contribution >= 0.6 is 0 Å². The molecule has 0 N–H and O–H groups in total. The van der Waals surface area contributed by atoms with Gasteiger partial charge in [0.1, 0.15) is 0 Å². The Labute approximate surface area is 137 Å². The minimum atomic E-state index is -3.38. The predicted octanol–water partition coefficient (Wildman–Crippen LogP) is 4.05. The van der Waals surface area contributed by atoms with E-state index in [1.807, 2.05) is 66.7 Å². The van der Waals surface area contributed by atoms with E-state index in [0.29, 0.717) is 6.42 Å². The van der Waals surface area contributed by atoms with Gasteiger partial charge in [0.15, 0.2) is 9.84 Å². The zero-order chi connectivity index (χ0) is 16.1. The Morgan fingerprint density at radius 3 is 1.96 bits per heavy atom. The molecule has 0 saturated carbocycles. The van der Waals surface area contributed by atoms with Crippen molar-refractivity contribution in [2.75, 3.05) is 0 Å². The van der Waals surface area contributed by atoms with E-state index in [0.717, 1.165) is 16.7 Å². The van der Waals surface area contributed by atoms with E-state index in [1.54, 1.807) is 12.1 Å². The molecule has 2 nitrogen and oxygen atoms in total. The first-order chi connectivity index (χ1) is 11.1. The summed E-state index contributed by atoms with van der Waals surface area (Å²) in [5, 5.41) is 0. The monoisotopic (exact) mass is 321 g/mol. The molecule has 3 aromatic carbocycles. The average Bonchev–Trinajstić information content (AvgIpc) is 2.57. The summed E-state index contributed by atoms with van der Waals surface area (Å²) < 4.78 is 25.1. The maximum atomic E-state index is 12.6. The van der Waals surface area contributed by atoms with Crippen LogP contribution in [0.2, 0.25) is 0 Å². The Morgan fingerprint density at radius 1 is 0.696 bits per heavy atom. The fraction of sp³-hybridized carbons (Fsp3) is 0.100. The molecule has 115 valence electrons. The van der Waals surface area contributed by atoms with E-state index < -0.39 is 9.84 Å². The fourth-order valence-corrected chi connectivity index (χ4v) is 3.82. The normalized spacial score (nSPS) is 11.3. The molecule has 0 bridgehead atoms. The van der Waals surface area contributed by atoms with Crippen molar-refractivity contribution in [1.29, 1.82) is 0 Å². The lowest BCUT2D eigenvalue weighted by Gasteiger charge is -2.07. The van der Waals surface area contributed by atoms with Gasteiger partial charge in [-0.25, -0.2) is 8.42 Å². The molecule has 0 saturated heterocycles. The van der Waals surface area contributed by atoms with Crippen molar-refractivity contribution in [3.05, 3.63) is 102 Å². The maximum absolute atomic E-state index is 12.6. The molecule has 23 heavy (non-hydrogen) atoms. The predicted molar refractivity (Wildman–Crippen MR) is 91.9 cm³/mol. The Morgan fingerprint density at radius 2 is 1.30 bits per heavy atom. The molecule has 0 aromatic heterocycles. The van der Waals surface area contributed by atoms with Crippen LogP contribution < -0.4 is 0 Å². The fourth-order valence-electron chi connectivity index (χ4n) is 2.46. The van der Waals surface area contributed by atoms with E-state index in [1.165, 1.54) is 0 Å². The third kappa shape index (κ3) is 4.08. The zero-order valence-electron chi connectivity index (χ0n) is 12.6. The summed E-state index contributed by atoms with van der Waals surface area (Å²) in [6.07, 6.45) is 0.676. The van der Waals surface area contributed by atoms with Gasteiger partial charge in [-0.05, 0) is 29.2 Å². The van der Waals surface area contributed by atoms with Gasteiger partial charge in [-0.1, -0.05) is 72.8 Å². The van der Waals surface area contributed by atoms with Gasteiger partial charge in [0, 0.05) is 6.07 Å². The van der Waals surface area contributed by atoms with Gasteiger partial charge < -0.3 is 0 Å². The minimum Gasteiger partial charge on any atom is -0.223 e. The van der Waals surface area contributed by atoms with Crippen LogP contribution in [-0.2, 0) is 22.0 Å². The number of hydrogen-bond donors (Lipinski definition) is 0. The number of sulfone groups is 1. The Bertz CT molecular complexity index is 870. The molecule has 0 aliphatic rings. The van der Waals surface area contributed by atoms with E-state index >= 15 is 0 Å². The zero-order valence-corrected chi connectivity index (χ0v) is 13.5. The lowest BCUT2D eigenvalue weighted by atomic mass is 10.1. The molecule has 0 heterocycles. The van der Waals surface area contributed by atoms with Crippen LogP contribution in [0.5, 0.6) is 0 Å². The minimum absolute atomic E-state index is 0.000863. The molecule has 0 atom stereocenters. The summed E-state index contributed by atoms with van der Waals surface area (Å²) in [5.74, 6) is -0.000863. The number of rotatable bonds is 5. The lowest BCUT2D eigenvalue weighted by Crippen LogP contribution is -2.06. The molecule has 3 rings (SSSR count). The van der Waals surface area contributed by atoms with Crippen molar-refractivity contribution in [2.24, 2.45) is 0 Å². The molecule has 1 radical (unpaired) electrons. The van der Waals surface area contributed by atoms with Gasteiger partial charge in [-0.3, -0.25) is 0 Å². The standard InChI is InChI=1S/C20H17O2S/c21-23(22,16-18-10-5-2-6-11-18)20-13-7-12-19(15-20)14-17-8-3-1-4-9-17/h1-13H,14,16H2. The summed E-state index contributed by atoms with van der Waals surface area (Å²) in [6.45, 7) is 0. The third-order valence-electron chi connectivity index (χ3n) is 3.60. The molecule has 0 unspecified atom stereocenters. The molecule has 0 aliphatic carbocycles. The highest BCUT2D eigenvalue weighted by Crippen LogP contribution is 2.18. The highest BCUT2D eigenvalue weighted by Gasteiger charge is 2.16. The second-order valence-electron chi connectivity index (χ2n) is 5.45. The van der Waals surface area contributed by atoms with Crippen LogP contribution in [0.15, 0.2) is 83.8 Å².